The van der Waals surface area contributed by atoms with Crippen LogP contribution >= 0.6 is 12.4 Å². The normalized spacial score (nSPS) is 18.7. The molecule has 0 radical (unpaired) electrons. The molecule has 8 heteroatoms. The van der Waals surface area contributed by atoms with Gasteiger partial charge in [0, 0.05) is 18.8 Å². The van der Waals surface area contributed by atoms with Gasteiger partial charge in [0.05, 0.1) is 12.6 Å². The van der Waals surface area contributed by atoms with Crippen molar-refractivity contribution < 1.29 is 14.3 Å². The molecule has 0 bridgehead atoms. The van der Waals surface area contributed by atoms with Gasteiger partial charge in [-0.1, -0.05) is 12.1 Å². The summed E-state index contributed by atoms with van der Waals surface area (Å²) in [6.45, 7) is 3.73. The number of nitrogens with two attached hydrogens (primary N) is 1. The second kappa shape index (κ2) is 8.57. The fourth-order valence-corrected chi connectivity index (χ4v) is 2.12. The van der Waals surface area contributed by atoms with E-state index in [1.54, 1.807) is 12.1 Å². The van der Waals surface area contributed by atoms with Crippen molar-refractivity contribution in [3.05, 3.63) is 29.8 Å². The molecule has 1 aromatic rings. The molecule has 0 spiro atoms. The molecule has 22 heavy (non-hydrogen) atoms. The van der Waals surface area contributed by atoms with Gasteiger partial charge >= 0.3 is 6.03 Å². The van der Waals surface area contributed by atoms with Gasteiger partial charge in [-0.25, -0.2) is 4.79 Å². The fraction of sp³-hybridized carbons (Fsp3) is 0.429. The smallest absolute Gasteiger partial charge is 0.316 e. The number of primary amides is 1. The van der Waals surface area contributed by atoms with Crippen LogP contribution in [0.3, 0.4) is 0 Å². The average Bonchev–Trinajstić information content (AvgIpc) is 2.48. The summed E-state index contributed by atoms with van der Waals surface area (Å²) in [7, 11) is 0. The van der Waals surface area contributed by atoms with Crippen LogP contribution in [-0.4, -0.2) is 37.7 Å². The fourth-order valence-electron chi connectivity index (χ4n) is 2.12. The van der Waals surface area contributed by atoms with E-state index < -0.39 is 12.1 Å². The Bertz CT molecular complexity index is 503. The summed E-state index contributed by atoms with van der Waals surface area (Å²) < 4.78 is 5.40. The van der Waals surface area contributed by atoms with Gasteiger partial charge in [0.2, 0.25) is 0 Å². The number of anilines is 1. The third-order valence-electron chi connectivity index (χ3n) is 3.26. The molecule has 1 aromatic carbocycles. The molecule has 2 atom stereocenters. The van der Waals surface area contributed by atoms with Crippen molar-refractivity contribution in [2.24, 2.45) is 5.73 Å². The number of morpholine rings is 1. The number of amides is 3. The molecule has 5 N–H and O–H groups in total. The summed E-state index contributed by atoms with van der Waals surface area (Å²) in [6, 6.07) is 6.38. The highest BCUT2D eigenvalue weighted by molar-refractivity contribution is 5.87. The largest absolute Gasteiger partial charge is 0.366 e. The Labute approximate surface area is 135 Å². The van der Waals surface area contributed by atoms with Crippen LogP contribution in [0.25, 0.3) is 0 Å². The predicted molar refractivity (Wildman–Crippen MR) is 86.1 cm³/mol. The number of benzene rings is 1. The van der Waals surface area contributed by atoms with E-state index in [1.807, 2.05) is 19.1 Å². The van der Waals surface area contributed by atoms with Crippen LogP contribution in [-0.2, 0) is 9.53 Å². The number of halogens is 1. The number of carbonyl (C=O) groups is 2. The minimum atomic E-state index is -0.606. The van der Waals surface area contributed by atoms with Crippen molar-refractivity contribution in [3.8, 4) is 0 Å². The number of carbonyl (C=O) groups excluding carboxylic acids is 2. The number of rotatable bonds is 4. The molecule has 7 nitrogen and oxygen atoms in total. The molecule has 1 fully saturated rings. The number of hydrogen-bond acceptors (Lipinski definition) is 4. The molecule has 0 aromatic heterocycles. The van der Waals surface area contributed by atoms with E-state index in [2.05, 4.69) is 16.0 Å². The highest BCUT2D eigenvalue weighted by Crippen LogP contribution is 2.16. The van der Waals surface area contributed by atoms with E-state index in [-0.39, 0.29) is 24.4 Å². The summed E-state index contributed by atoms with van der Waals surface area (Å²) in [5.41, 5.74) is 6.59. The van der Waals surface area contributed by atoms with Crippen LogP contribution in [0.5, 0.6) is 0 Å². The molecule has 1 saturated heterocycles. The lowest BCUT2D eigenvalue weighted by Crippen LogP contribution is -2.48. The quantitative estimate of drug-likeness (QED) is 0.655. The lowest BCUT2D eigenvalue weighted by molar-refractivity contribution is -0.134. The molecular formula is C14H21ClN4O3. The van der Waals surface area contributed by atoms with E-state index in [4.69, 9.17) is 10.5 Å². The summed E-state index contributed by atoms with van der Waals surface area (Å²) >= 11 is 0. The molecule has 122 valence electrons. The van der Waals surface area contributed by atoms with Crippen molar-refractivity contribution in [2.45, 2.75) is 19.1 Å². The van der Waals surface area contributed by atoms with E-state index >= 15 is 0 Å². The molecule has 1 heterocycles. The first-order valence-electron chi connectivity index (χ1n) is 6.85. The van der Waals surface area contributed by atoms with Crippen LogP contribution in [0.2, 0.25) is 0 Å². The second-order valence-corrected chi connectivity index (χ2v) is 4.91. The number of urea groups is 1. The van der Waals surface area contributed by atoms with Gasteiger partial charge in [0.1, 0.15) is 6.10 Å². The third-order valence-corrected chi connectivity index (χ3v) is 3.26. The van der Waals surface area contributed by atoms with Crippen LogP contribution in [0.15, 0.2) is 24.3 Å². The first kappa shape index (κ1) is 18.2. The zero-order valence-electron chi connectivity index (χ0n) is 12.3. The average molecular weight is 329 g/mol. The Hall–Kier alpha value is -1.83. The van der Waals surface area contributed by atoms with E-state index in [0.717, 1.165) is 12.1 Å². The Morgan fingerprint density at radius 3 is 2.59 bits per heavy atom. The van der Waals surface area contributed by atoms with Crippen molar-refractivity contribution >= 4 is 30.0 Å². The van der Waals surface area contributed by atoms with Gasteiger partial charge in [0.15, 0.2) is 0 Å². The van der Waals surface area contributed by atoms with Gasteiger partial charge in [0.25, 0.3) is 5.91 Å². The Kier molecular flexibility index (Phi) is 7.10. The van der Waals surface area contributed by atoms with Gasteiger partial charge in [-0.15, -0.1) is 12.4 Å². The molecular weight excluding hydrogens is 308 g/mol. The predicted octanol–water partition coefficient (Wildman–Crippen LogP) is 0.765. The van der Waals surface area contributed by atoms with Gasteiger partial charge in [-0.3, -0.25) is 4.79 Å². The SMILES string of the molecule is CC(NC(=O)C1CNCCO1)c1ccc(NC(N)=O)cc1.Cl. The lowest BCUT2D eigenvalue weighted by atomic mass is 10.1. The zero-order valence-corrected chi connectivity index (χ0v) is 13.1. The molecule has 1 aliphatic heterocycles. The van der Waals surface area contributed by atoms with Crippen LogP contribution in [0.4, 0.5) is 10.5 Å². The number of ether oxygens (including phenoxy) is 1. The van der Waals surface area contributed by atoms with Crippen molar-refractivity contribution in [1.29, 1.82) is 0 Å². The summed E-state index contributed by atoms with van der Waals surface area (Å²) in [4.78, 5) is 22.8. The topological polar surface area (TPSA) is 105 Å². The lowest BCUT2D eigenvalue weighted by Gasteiger charge is -2.24. The summed E-state index contributed by atoms with van der Waals surface area (Å²) in [5.74, 6) is -0.131. The van der Waals surface area contributed by atoms with Crippen molar-refractivity contribution in [3.63, 3.8) is 0 Å². The summed E-state index contributed by atoms with van der Waals surface area (Å²) in [6.07, 6.45) is -0.447. The van der Waals surface area contributed by atoms with Crippen LogP contribution < -0.4 is 21.7 Å². The zero-order chi connectivity index (χ0) is 15.2. The maximum atomic E-state index is 12.0. The molecule has 2 rings (SSSR count). The Morgan fingerprint density at radius 2 is 2.05 bits per heavy atom. The Balaban J connectivity index is 0.00000242. The third kappa shape index (κ3) is 5.18. The molecule has 2 unspecified atom stereocenters. The first-order valence-corrected chi connectivity index (χ1v) is 6.85. The molecule has 0 saturated carbocycles. The van der Waals surface area contributed by atoms with E-state index in [1.165, 1.54) is 0 Å². The second-order valence-electron chi connectivity index (χ2n) is 4.91. The standard InChI is InChI=1S/C14H20N4O3.ClH/c1-9(17-13(19)12-8-16-6-7-21-12)10-2-4-11(5-3-10)18-14(15)20;/h2-5,9,12,16H,6-8H2,1H3,(H,17,19)(H3,15,18,20);1H. The van der Waals surface area contributed by atoms with Crippen LogP contribution in [0, 0.1) is 0 Å². The van der Waals surface area contributed by atoms with Gasteiger partial charge in [-0.05, 0) is 24.6 Å². The van der Waals surface area contributed by atoms with Crippen molar-refractivity contribution in [2.75, 3.05) is 25.0 Å². The maximum Gasteiger partial charge on any atom is 0.316 e. The Morgan fingerprint density at radius 1 is 1.36 bits per heavy atom. The van der Waals surface area contributed by atoms with Crippen molar-refractivity contribution in [1.82, 2.24) is 10.6 Å². The highest BCUT2D eigenvalue weighted by Gasteiger charge is 2.23. The maximum absolute atomic E-state index is 12.0. The number of hydrogen-bond donors (Lipinski definition) is 4. The first-order chi connectivity index (χ1) is 10.1. The minimum Gasteiger partial charge on any atom is -0.366 e. The van der Waals surface area contributed by atoms with Gasteiger partial charge in [-0.2, -0.15) is 0 Å². The van der Waals surface area contributed by atoms with Gasteiger partial charge < -0.3 is 26.4 Å². The molecule has 0 aliphatic carbocycles. The minimum absolute atomic E-state index is 0. The van der Waals surface area contributed by atoms with E-state index in [9.17, 15) is 9.59 Å². The molecule has 3 amide bonds. The number of nitrogens with one attached hydrogen (secondary N) is 3. The molecule has 1 aliphatic rings. The summed E-state index contributed by atoms with van der Waals surface area (Å²) in [5, 5.41) is 8.51. The highest BCUT2D eigenvalue weighted by atomic mass is 35.5. The van der Waals surface area contributed by atoms with E-state index in [0.29, 0.717) is 18.8 Å². The van der Waals surface area contributed by atoms with Crippen LogP contribution in [0.1, 0.15) is 18.5 Å². The monoisotopic (exact) mass is 328 g/mol.